The zero-order chi connectivity index (χ0) is 24.1. The summed E-state index contributed by atoms with van der Waals surface area (Å²) in [5.41, 5.74) is 5.55. The molecule has 0 radical (unpaired) electrons. The van der Waals surface area contributed by atoms with Crippen molar-refractivity contribution in [3.63, 3.8) is 0 Å². The quantitative estimate of drug-likeness (QED) is 0.368. The molecule has 2 amide bonds. The fraction of sp³-hybridized carbons (Fsp3) is 0.148. The molecule has 7 heteroatoms. The smallest absolute Gasteiger partial charge is 0.337 e. The predicted octanol–water partition coefficient (Wildman–Crippen LogP) is 4.08. The molecule has 1 aliphatic heterocycles. The van der Waals surface area contributed by atoms with Crippen LogP contribution in [-0.4, -0.2) is 31.4 Å². The minimum absolute atomic E-state index is 0.0498. The van der Waals surface area contributed by atoms with Crippen LogP contribution in [0.15, 0.2) is 72.8 Å². The highest BCUT2D eigenvalue weighted by atomic mass is 16.5. The Labute approximate surface area is 197 Å². The second-order valence-corrected chi connectivity index (χ2v) is 7.88. The topological polar surface area (TPSA) is 96.5 Å². The van der Waals surface area contributed by atoms with Crippen LogP contribution in [0.5, 0.6) is 0 Å². The van der Waals surface area contributed by atoms with Crippen molar-refractivity contribution in [2.45, 2.75) is 13.3 Å². The van der Waals surface area contributed by atoms with Crippen LogP contribution in [0, 0.1) is 0 Å². The largest absolute Gasteiger partial charge is 0.465 e. The third kappa shape index (κ3) is 4.99. The van der Waals surface area contributed by atoms with Crippen molar-refractivity contribution in [2.24, 2.45) is 0 Å². The van der Waals surface area contributed by atoms with E-state index < -0.39 is 5.97 Å². The van der Waals surface area contributed by atoms with E-state index in [2.05, 4.69) is 16.0 Å². The molecule has 4 rings (SSSR count). The third-order valence-electron chi connectivity index (χ3n) is 5.51. The molecule has 0 saturated heterocycles. The van der Waals surface area contributed by atoms with Crippen molar-refractivity contribution in [2.75, 3.05) is 24.3 Å². The van der Waals surface area contributed by atoms with Gasteiger partial charge in [-0.05, 0) is 41.8 Å². The highest BCUT2D eigenvalue weighted by Gasteiger charge is 2.29. The molecule has 1 heterocycles. The molecule has 0 aromatic heterocycles. The monoisotopic (exact) mass is 455 g/mol. The highest BCUT2D eigenvalue weighted by molar-refractivity contribution is 6.37. The van der Waals surface area contributed by atoms with Gasteiger partial charge in [0.2, 0.25) is 5.91 Å². The van der Waals surface area contributed by atoms with Gasteiger partial charge < -0.3 is 20.7 Å². The number of ether oxygens (including phenoxy) is 1. The molecule has 0 atom stereocenters. The number of amides is 2. The van der Waals surface area contributed by atoms with Crippen LogP contribution in [0.3, 0.4) is 0 Å². The highest BCUT2D eigenvalue weighted by Crippen LogP contribution is 2.38. The molecule has 7 nitrogen and oxygen atoms in total. The minimum atomic E-state index is -0.463. The molecule has 0 saturated carbocycles. The van der Waals surface area contributed by atoms with E-state index in [9.17, 15) is 14.4 Å². The van der Waals surface area contributed by atoms with Gasteiger partial charge in [0.15, 0.2) is 0 Å². The van der Waals surface area contributed by atoms with Crippen LogP contribution >= 0.6 is 0 Å². The van der Waals surface area contributed by atoms with Crippen LogP contribution < -0.4 is 16.0 Å². The minimum Gasteiger partial charge on any atom is -0.465 e. The van der Waals surface area contributed by atoms with Gasteiger partial charge in [0.05, 0.1) is 29.6 Å². The first-order chi connectivity index (χ1) is 16.5. The molecule has 0 fully saturated rings. The third-order valence-corrected chi connectivity index (χ3v) is 5.51. The number of methoxy groups -OCH3 is 1. The van der Waals surface area contributed by atoms with E-state index in [1.807, 2.05) is 54.6 Å². The average molecular weight is 456 g/mol. The summed E-state index contributed by atoms with van der Waals surface area (Å²) >= 11 is 0. The second-order valence-electron chi connectivity index (χ2n) is 7.88. The van der Waals surface area contributed by atoms with Gasteiger partial charge in [-0.25, -0.2) is 4.79 Å². The van der Waals surface area contributed by atoms with Gasteiger partial charge in [-0.1, -0.05) is 48.5 Å². The maximum Gasteiger partial charge on any atom is 0.337 e. The lowest BCUT2D eigenvalue weighted by molar-refractivity contribution is -0.119. The average Bonchev–Trinajstić information content (AvgIpc) is 3.18. The van der Waals surface area contributed by atoms with Crippen LogP contribution in [0.4, 0.5) is 11.4 Å². The van der Waals surface area contributed by atoms with Gasteiger partial charge in [-0.2, -0.15) is 0 Å². The number of anilines is 2. The van der Waals surface area contributed by atoms with E-state index in [4.69, 9.17) is 4.74 Å². The number of carbonyl (C=O) groups excluding carboxylic acids is 3. The van der Waals surface area contributed by atoms with Gasteiger partial charge in [-0.3, -0.25) is 9.59 Å². The van der Waals surface area contributed by atoms with E-state index in [-0.39, 0.29) is 11.8 Å². The number of rotatable bonds is 7. The van der Waals surface area contributed by atoms with Gasteiger partial charge in [0, 0.05) is 24.7 Å². The van der Waals surface area contributed by atoms with Crippen LogP contribution in [0.25, 0.3) is 11.3 Å². The lowest BCUT2D eigenvalue weighted by Gasteiger charge is -2.15. The summed E-state index contributed by atoms with van der Waals surface area (Å²) in [5.74, 6) is -0.768. The molecule has 3 N–H and O–H groups in total. The van der Waals surface area contributed by atoms with Crippen molar-refractivity contribution in [1.82, 2.24) is 5.32 Å². The van der Waals surface area contributed by atoms with Gasteiger partial charge in [0.1, 0.15) is 0 Å². The fourth-order valence-corrected chi connectivity index (χ4v) is 3.83. The van der Waals surface area contributed by atoms with Crippen LogP contribution in [0.2, 0.25) is 0 Å². The maximum atomic E-state index is 13.1. The molecule has 0 bridgehead atoms. The number of benzene rings is 3. The molecular weight excluding hydrogens is 430 g/mol. The number of esters is 1. The van der Waals surface area contributed by atoms with Crippen molar-refractivity contribution < 1.29 is 19.1 Å². The van der Waals surface area contributed by atoms with E-state index >= 15 is 0 Å². The summed E-state index contributed by atoms with van der Waals surface area (Å²) in [6.07, 6.45) is 0.727. The Morgan fingerprint density at radius 2 is 1.68 bits per heavy atom. The molecule has 0 unspecified atom stereocenters. The summed E-state index contributed by atoms with van der Waals surface area (Å²) in [4.78, 5) is 36.0. The maximum absolute atomic E-state index is 13.1. The van der Waals surface area contributed by atoms with E-state index in [0.717, 1.165) is 23.2 Å². The first-order valence-electron chi connectivity index (χ1n) is 10.9. The Hall–Kier alpha value is -4.39. The van der Waals surface area contributed by atoms with Crippen molar-refractivity contribution in [1.29, 1.82) is 0 Å². The molecule has 3 aromatic rings. The van der Waals surface area contributed by atoms with Gasteiger partial charge >= 0.3 is 5.97 Å². The predicted molar refractivity (Wildman–Crippen MR) is 132 cm³/mol. The Bertz CT molecular complexity index is 1260. The Morgan fingerprint density at radius 1 is 0.941 bits per heavy atom. The summed E-state index contributed by atoms with van der Waals surface area (Å²) in [7, 11) is 1.32. The Kier molecular flexibility index (Phi) is 6.73. The van der Waals surface area contributed by atoms with Gasteiger partial charge in [-0.15, -0.1) is 0 Å². The Balaban J connectivity index is 1.69. The molecule has 0 spiro atoms. The first-order valence-corrected chi connectivity index (χ1v) is 10.9. The zero-order valence-corrected chi connectivity index (χ0v) is 19.0. The van der Waals surface area contributed by atoms with Crippen molar-refractivity contribution >= 4 is 40.4 Å². The number of fused-ring (bicyclic) bond motifs is 1. The summed E-state index contributed by atoms with van der Waals surface area (Å²) < 4.78 is 4.79. The van der Waals surface area contributed by atoms with Crippen LogP contribution in [-0.2, 0) is 20.7 Å². The fourth-order valence-electron chi connectivity index (χ4n) is 3.83. The zero-order valence-electron chi connectivity index (χ0n) is 19.0. The molecular formula is C27H25N3O4. The van der Waals surface area contributed by atoms with E-state index in [0.29, 0.717) is 34.6 Å². The van der Waals surface area contributed by atoms with Crippen molar-refractivity contribution in [3.8, 4) is 0 Å². The van der Waals surface area contributed by atoms with Crippen LogP contribution in [0.1, 0.15) is 34.0 Å². The lowest BCUT2D eigenvalue weighted by Crippen LogP contribution is -2.22. The lowest BCUT2D eigenvalue weighted by atomic mass is 9.99. The molecule has 34 heavy (non-hydrogen) atoms. The Morgan fingerprint density at radius 3 is 2.35 bits per heavy atom. The van der Waals surface area contributed by atoms with E-state index in [1.165, 1.54) is 14.0 Å². The molecule has 1 aliphatic rings. The molecule has 0 aliphatic carbocycles. The summed E-state index contributed by atoms with van der Waals surface area (Å²) in [6.45, 7) is 2.07. The SMILES string of the molecule is COC(=O)c1ccc2c(c1)NC(=O)/C2=C(\Nc1ccc(CCNC(C)=O)cc1)c1ccccc1. The summed E-state index contributed by atoms with van der Waals surface area (Å²) in [5, 5.41) is 9.07. The molecule has 3 aromatic carbocycles. The second kappa shape index (κ2) is 10.0. The number of carbonyl (C=O) groups is 3. The molecule has 172 valence electrons. The number of hydrogen-bond donors (Lipinski definition) is 3. The number of nitrogens with one attached hydrogen (secondary N) is 3. The standard InChI is InChI=1S/C27H25N3O4/c1-17(31)28-15-14-18-8-11-21(12-9-18)29-25(19-6-4-3-5-7-19)24-22-13-10-20(27(33)34-2)16-23(22)30-26(24)32/h3-13,16,29H,14-15H2,1-2H3,(H,28,31)(H,30,32)/b25-24-. The normalized spacial score (nSPS) is 13.5. The number of hydrogen-bond acceptors (Lipinski definition) is 5. The first kappa shape index (κ1) is 22.8. The van der Waals surface area contributed by atoms with E-state index in [1.54, 1.807) is 18.2 Å². The van der Waals surface area contributed by atoms with Crippen molar-refractivity contribution in [3.05, 3.63) is 95.1 Å². The summed E-state index contributed by atoms with van der Waals surface area (Å²) in [6, 6.07) is 22.5. The van der Waals surface area contributed by atoms with Gasteiger partial charge in [0.25, 0.3) is 5.91 Å².